The van der Waals surface area contributed by atoms with Gasteiger partial charge in [-0.05, 0) is 11.1 Å². The van der Waals surface area contributed by atoms with Gasteiger partial charge in [-0.15, -0.1) is 0 Å². The van der Waals surface area contributed by atoms with Crippen molar-refractivity contribution in [3.8, 4) is 0 Å². The molecule has 3 fully saturated rings. The number of hydrogen-bond acceptors (Lipinski definition) is 5. The van der Waals surface area contributed by atoms with Gasteiger partial charge in [-0.3, -0.25) is 0 Å². The zero-order valence-electron chi connectivity index (χ0n) is 20.1. The number of halogens is 1. The minimum absolute atomic E-state index is 0. The van der Waals surface area contributed by atoms with Crippen LogP contribution in [0.2, 0.25) is 0 Å². The Hall–Kier alpha value is -1.93. The van der Waals surface area contributed by atoms with Crippen LogP contribution in [-0.4, -0.2) is 62.3 Å². The lowest BCUT2D eigenvalue weighted by atomic mass is 9.85. The molecule has 3 aliphatic heterocycles. The largest absolute Gasteiger partial charge is 1.00 e. The van der Waals surface area contributed by atoms with E-state index in [0.717, 1.165) is 19.1 Å². The van der Waals surface area contributed by atoms with Crippen molar-refractivity contribution in [2.75, 3.05) is 25.3 Å². The van der Waals surface area contributed by atoms with Gasteiger partial charge in [-0.1, -0.05) is 60.7 Å². The highest BCUT2D eigenvalue weighted by Gasteiger charge is 2.57. The van der Waals surface area contributed by atoms with E-state index >= 15 is 0 Å². The summed E-state index contributed by atoms with van der Waals surface area (Å²) in [4.78, 5) is 14.1. The Balaban J connectivity index is 0.00000289. The van der Waals surface area contributed by atoms with Crippen LogP contribution >= 0.6 is 0 Å². The van der Waals surface area contributed by atoms with E-state index in [1.807, 2.05) is 36.4 Å². The van der Waals surface area contributed by atoms with Gasteiger partial charge in [0.2, 0.25) is 5.60 Å². The van der Waals surface area contributed by atoms with Crippen LogP contribution < -0.4 is 12.4 Å². The summed E-state index contributed by atoms with van der Waals surface area (Å²) >= 11 is 0. The van der Waals surface area contributed by atoms with Crippen molar-refractivity contribution >= 4 is 15.8 Å². The van der Waals surface area contributed by atoms with Gasteiger partial charge in [0.1, 0.15) is 6.10 Å². The first-order valence-electron chi connectivity index (χ1n) is 12.3. The normalized spacial score (nSPS) is 25.2. The number of esters is 1. The van der Waals surface area contributed by atoms with Crippen molar-refractivity contribution in [1.82, 2.24) is 0 Å². The van der Waals surface area contributed by atoms with Crippen molar-refractivity contribution in [3.05, 3.63) is 71.8 Å². The predicted molar refractivity (Wildman–Crippen MR) is 130 cm³/mol. The van der Waals surface area contributed by atoms with Gasteiger partial charge < -0.3 is 26.4 Å². The van der Waals surface area contributed by atoms with Crippen LogP contribution in [0.15, 0.2) is 60.7 Å². The number of carbonyl (C=O) groups is 1. The Bertz CT molecular complexity index is 1060. The number of benzene rings is 2. The van der Waals surface area contributed by atoms with Gasteiger partial charge in [0.05, 0.1) is 25.2 Å². The molecular weight excluding hydrogens is 486 g/mol. The fourth-order valence-corrected chi connectivity index (χ4v) is 7.10. The van der Waals surface area contributed by atoms with E-state index in [-0.39, 0.29) is 18.5 Å². The Morgan fingerprint density at radius 2 is 1.40 bits per heavy atom. The molecule has 0 aliphatic carbocycles. The van der Waals surface area contributed by atoms with Gasteiger partial charge in [0.15, 0.2) is 15.8 Å². The first-order chi connectivity index (χ1) is 16.3. The summed E-state index contributed by atoms with van der Waals surface area (Å²) in [5.41, 5.74) is -0.518. The molecule has 3 aliphatic rings. The third-order valence-electron chi connectivity index (χ3n) is 8.17. The van der Waals surface area contributed by atoms with Gasteiger partial charge in [0, 0.05) is 44.8 Å². The minimum atomic E-state index is -3.50. The molecule has 2 unspecified atom stereocenters. The Labute approximate surface area is 214 Å². The molecule has 6 nitrogen and oxygen atoms in total. The SMILES string of the molecule is CS(=O)(=O)COC(C(=O)OC1CC2CCC(C1)[N+]21CCCC1)(c1ccccc1)c1ccccc1.[Cl-]. The van der Waals surface area contributed by atoms with Crippen LogP contribution in [-0.2, 0) is 29.7 Å². The molecule has 190 valence electrons. The number of piperidine rings is 1. The van der Waals surface area contributed by atoms with E-state index in [4.69, 9.17) is 9.47 Å². The highest BCUT2D eigenvalue weighted by atomic mass is 35.5. The molecule has 2 atom stereocenters. The summed E-state index contributed by atoms with van der Waals surface area (Å²) in [6, 6.07) is 19.3. The minimum Gasteiger partial charge on any atom is -1.00 e. The highest BCUT2D eigenvalue weighted by Crippen LogP contribution is 2.47. The van der Waals surface area contributed by atoms with Gasteiger partial charge >= 0.3 is 5.97 Å². The average molecular weight is 520 g/mol. The first kappa shape index (κ1) is 26.1. The fraction of sp³-hybridized carbons (Fsp3) is 0.519. The smallest absolute Gasteiger partial charge is 0.348 e. The van der Waals surface area contributed by atoms with Crippen molar-refractivity contribution < 1.29 is 39.6 Å². The summed E-state index contributed by atoms with van der Waals surface area (Å²) in [5.74, 6) is -1.12. The van der Waals surface area contributed by atoms with Crippen LogP contribution in [0.5, 0.6) is 0 Å². The van der Waals surface area contributed by atoms with Gasteiger partial charge in [0.25, 0.3) is 0 Å². The maximum atomic E-state index is 14.1. The number of ether oxygens (including phenoxy) is 2. The Morgan fingerprint density at radius 1 is 0.914 bits per heavy atom. The molecule has 8 heteroatoms. The van der Waals surface area contributed by atoms with E-state index < -0.39 is 27.3 Å². The lowest BCUT2D eigenvalue weighted by Gasteiger charge is -2.47. The van der Waals surface area contributed by atoms with Crippen molar-refractivity contribution in [2.24, 2.45) is 0 Å². The third kappa shape index (κ3) is 4.88. The maximum Gasteiger partial charge on any atom is 0.348 e. The molecule has 5 rings (SSSR count). The molecule has 0 radical (unpaired) electrons. The molecule has 2 bridgehead atoms. The van der Waals surface area contributed by atoms with Crippen molar-refractivity contribution in [3.63, 3.8) is 0 Å². The zero-order valence-corrected chi connectivity index (χ0v) is 21.7. The summed E-state index contributed by atoms with van der Waals surface area (Å²) in [7, 11) is -3.50. The average Bonchev–Trinajstić information content (AvgIpc) is 3.37. The molecule has 2 aromatic carbocycles. The van der Waals surface area contributed by atoms with E-state index in [2.05, 4.69) is 0 Å². The molecule has 1 spiro atoms. The van der Waals surface area contributed by atoms with Crippen molar-refractivity contribution in [2.45, 2.75) is 62.3 Å². The van der Waals surface area contributed by atoms with Crippen LogP contribution in [0.4, 0.5) is 0 Å². The van der Waals surface area contributed by atoms with Crippen LogP contribution in [0.1, 0.15) is 49.7 Å². The standard InChI is InChI=1S/C27H34NO5S.ClH/c1-34(30,31)20-32-27(21-10-4-2-5-11-21,22-12-6-3-7-13-22)26(29)33-25-18-23-14-15-24(19-25)28(23)16-8-9-17-28;/h2-7,10-13,23-25H,8-9,14-20H2,1H3;1H/q+1;/p-1. The number of quaternary nitrogens is 1. The topological polar surface area (TPSA) is 69.7 Å². The molecule has 3 heterocycles. The third-order valence-corrected chi connectivity index (χ3v) is 8.71. The quantitative estimate of drug-likeness (QED) is 0.400. The summed E-state index contributed by atoms with van der Waals surface area (Å²) in [6.45, 7) is 2.51. The fourth-order valence-electron chi connectivity index (χ4n) is 6.71. The number of carbonyl (C=O) groups excluding carboxylic acids is 1. The summed E-state index contributed by atoms with van der Waals surface area (Å²) < 4.78 is 37.8. The second-order valence-corrected chi connectivity index (χ2v) is 12.3. The Kier molecular flexibility index (Phi) is 7.62. The molecule has 3 saturated heterocycles. The van der Waals surface area contributed by atoms with Crippen LogP contribution in [0.3, 0.4) is 0 Å². The number of nitrogens with zero attached hydrogens (tertiary/aromatic N) is 1. The lowest BCUT2D eigenvalue weighted by molar-refractivity contribution is -0.956. The second kappa shape index (κ2) is 10.2. The van der Waals surface area contributed by atoms with E-state index in [0.29, 0.717) is 23.2 Å². The van der Waals surface area contributed by atoms with E-state index in [1.165, 1.54) is 43.3 Å². The molecule has 0 saturated carbocycles. The zero-order chi connectivity index (χ0) is 23.8. The number of rotatable bonds is 7. The van der Waals surface area contributed by atoms with E-state index in [1.54, 1.807) is 24.3 Å². The monoisotopic (exact) mass is 519 g/mol. The van der Waals surface area contributed by atoms with Gasteiger partial charge in [-0.2, -0.15) is 0 Å². The molecule has 35 heavy (non-hydrogen) atoms. The Morgan fingerprint density at radius 3 is 1.86 bits per heavy atom. The van der Waals surface area contributed by atoms with Crippen LogP contribution in [0, 0.1) is 0 Å². The van der Waals surface area contributed by atoms with E-state index in [9.17, 15) is 13.2 Å². The molecule has 0 aromatic heterocycles. The summed E-state index contributed by atoms with van der Waals surface area (Å²) in [6.07, 6.45) is 7.66. The lowest BCUT2D eigenvalue weighted by Crippen LogP contribution is -3.00. The second-order valence-electron chi connectivity index (χ2n) is 10.2. The highest BCUT2D eigenvalue weighted by molar-refractivity contribution is 7.90. The first-order valence-corrected chi connectivity index (χ1v) is 14.4. The molecule has 0 amide bonds. The predicted octanol–water partition coefficient (Wildman–Crippen LogP) is 0.800. The molecule has 2 aromatic rings. The van der Waals surface area contributed by atoms with Gasteiger partial charge in [-0.25, -0.2) is 13.2 Å². The number of hydrogen-bond donors (Lipinski definition) is 0. The van der Waals surface area contributed by atoms with Crippen LogP contribution in [0.25, 0.3) is 0 Å². The maximum absolute atomic E-state index is 14.1. The number of sulfone groups is 1. The molecule has 0 N–H and O–H groups in total. The summed E-state index contributed by atoms with van der Waals surface area (Å²) in [5, 5.41) is 0. The molecular formula is C27H34ClNO5S. The van der Waals surface area contributed by atoms with Crippen molar-refractivity contribution in [1.29, 1.82) is 0 Å².